The molecule has 0 bridgehead atoms. The molecule has 4 rings (SSSR count). The van der Waals surface area contributed by atoms with Crippen LogP contribution in [-0.4, -0.2) is 27.1 Å². The quantitative estimate of drug-likeness (QED) is 0.238. The number of nitrogens with one attached hydrogen (secondary N) is 1. The average Bonchev–Trinajstić information content (AvgIpc) is 3.38. The van der Waals surface area contributed by atoms with Crippen LogP contribution in [0.2, 0.25) is 0 Å². The first-order chi connectivity index (χ1) is 13.7. The van der Waals surface area contributed by atoms with Gasteiger partial charge in [-0.05, 0) is 66.3 Å². The smallest absolute Gasteiger partial charge is 0.343 e. The number of nitrogens with zero attached hydrogens (tertiary/aromatic N) is 3. The molecule has 7 nitrogen and oxygen atoms in total. The summed E-state index contributed by atoms with van der Waals surface area (Å²) >= 11 is 5.21. The third-order valence-electron chi connectivity index (χ3n) is 3.81. The van der Waals surface area contributed by atoms with Crippen molar-refractivity contribution in [2.24, 2.45) is 5.10 Å². The molecule has 0 spiro atoms. The second-order valence-electron chi connectivity index (χ2n) is 5.71. The fraction of sp³-hybridized carbons (Fsp3) is 0. The van der Waals surface area contributed by atoms with Crippen LogP contribution in [-0.2, 0) is 0 Å². The number of benzene rings is 2. The Morgan fingerprint density at radius 1 is 1.11 bits per heavy atom. The summed E-state index contributed by atoms with van der Waals surface area (Å²) in [5.74, 6) is 1.06. The summed E-state index contributed by atoms with van der Waals surface area (Å²) < 4.78 is 12.5. The van der Waals surface area contributed by atoms with E-state index in [1.165, 1.54) is 4.68 Å². The second kappa shape index (κ2) is 7.85. The van der Waals surface area contributed by atoms with Crippen molar-refractivity contribution in [2.45, 2.75) is 0 Å². The normalized spacial score (nSPS) is 11.0. The van der Waals surface area contributed by atoms with Crippen molar-refractivity contribution in [3.05, 3.63) is 88.9 Å². The Kier molecular flexibility index (Phi) is 4.94. The summed E-state index contributed by atoms with van der Waals surface area (Å²) in [6.45, 7) is 0. The van der Waals surface area contributed by atoms with Crippen molar-refractivity contribution >= 4 is 24.4 Å². The summed E-state index contributed by atoms with van der Waals surface area (Å²) in [6, 6.07) is 19.3. The van der Waals surface area contributed by atoms with Crippen LogP contribution in [0.25, 0.3) is 11.6 Å². The molecule has 0 aliphatic carbocycles. The van der Waals surface area contributed by atoms with E-state index in [1.54, 1.807) is 73.1 Å². The zero-order valence-corrected chi connectivity index (χ0v) is 15.3. The van der Waals surface area contributed by atoms with Gasteiger partial charge in [0, 0.05) is 0 Å². The number of ether oxygens (including phenoxy) is 1. The van der Waals surface area contributed by atoms with Crippen LogP contribution < -0.4 is 4.74 Å². The molecule has 0 atom stereocenters. The number of hydrogen-bond donors (Lipinski definition) is 1. The molecule has 0 radical (unpaired) electrons. The molecule has 0 saturated carbocycles. The van der Waals surface area contributed by atoms with Crippen LogP contribution in [0.15, 0.2) is 82.5 Å². The molecule has 0 amide bonds. The Morgan fingerprint density at radius 2 is 1.89 bits per heavy atom. The van der Waals surface area contributed by atoms with Gasteiger partial charge >= 0.3 is 5.97 Å². The van der Waals surface area contributed by atoms with Crippen LogP contribution in [0.1, 0.15) is 15.9 Å². The van der Waals surface area contributed by atoms with Gasteiger partial charge < -0.3 is 9.15 Å². The molecule has 0 unspecified atom stereocenters. The van der Waals surface area contributed by atoms with Gasteiger partial charge in [0.05, 0.1) is 18.0 Å². The molecule has 0 saturated heterocycles. The van der Waals surface area contributed by atoms with Gasteiger partial charge in [0.25, 0.3) is 0 Å². The highest BCUT2D eigenvalue weighted by Gasteiger charge is 2.10. The first kappa shape index (κ1) is 17.6. The molecule has 0 aliphatic heterocycles. The lowest BCUT2D eigenvalue weighted by molar-refractivity contribution is 0.0735. The van der Waals surface area contributed by atoms with Gasteiger partial charge in [0.15, 0.2) is 5.76 Å². The van der Waals surface area contributed by atoms with E-state index in [0.29, 0.717) is 27.7 Å². The first-order valence-electron chi connectivity index (χ1n) is 8.34. The topological polar surface area (TPSA) is 85.4 Å². The van der Waals surface area contributed by atoms with Crippen molar-refractivity contribution < 1.29 is 13.9 Å². The van der Waals surface area contributed by atoms with Crippen LogP contribution in [0.3, 0.4) is 0 Å². The van der Waals surface area contributed by atoms with Crippen LogP contribution in [0.5, 0.6) is 5.75 Å². The molecule has 4 aromatic rings. The maximum Gasteiger partial charge on any atom is 0.343 e. The van der Waals surface area contributed by atoms with Crippen LogP contribution in [0, 0.1) is 4.77 Å². The maximum atomic E-state index is 12.1. The second-order valence-corrected chi connectivity index (χ2v) is 6.10. The van der Waals surface area contributed by atoms with Crippen LogP contribution in [0.4, 0.5) is 0 Å². The Bertz CT molecular complexity index is 1160. The number of aromatic nitrogens is 3. The fourth-order valence-corrected chi connectivity index (χ4v) is 2.63. The summed E-state index contributed by atoms with van der Waals surface area (Å²) in [4.78, 5) is 12.1. The van der Waals surface area contributed by atoms with Gasteiger partial charge in [0.1, 0.15) is 5.75 Å². The molecule has 2 heterocycles. The Morgan fingerprint density at radius 3 is 2.61 bits per heavy atom. The van der Waals surface area contributed by atoms with Crippen molar-refractivity contribution in [2.75, 3.05) is 0 Å². The number of aromatic amines is 1. The summed E-state index contributed by atoms with van der Waals surface area (Å²) in [5.41, 5.74) is 1.29. The molecule has 8 heteroatoms. The third kappa shape index (κ3) is 3.81. The van der Waals surface area contributed by atoms with Crippen molar-refractivity contribution in [3.8, 4) is 17.3 Å². The largest absolute Gasteiger partial charge is 0.461 e. The van der Waals surface area contributed by atoms with E-state index in [4.69, 9.17) is 21.4 Å². The minimum absolute atomic E-state index is 0.344. The van der Waals surface area contributed by atoms with E-state index in [0.717, 1.165) is 5.56 Å². The lowest BCUT2D eigenvalue weighted by atomic mass is 10.2. The minimum atomic E-state index is -0.408. The molecule has 0 aliphatic rings. The summed E-state index contributed by atoms with van der Waals surface area (Å²) in [6.07, 6.45) is 3.18. The predicted molar refractivity (Wildman–Crippen MR) is 106 cm³/mol. The summed E-state index contributed by atoms with van der Waals surface area (Å²) in [7, 11) is 0. The Hall–Kier alpha value is -3.78. The van der Waals surface area contributed by atoms with E-state index in [1.807, 2.05) is 6.07 Å². The number of carbonyl (C=O) groups excluding carboxylic acids is 1. The fourth-order valence-electron chi connectivity index (χ4n) is 2.45. The summed E-state index contributed by atoms with van der Waals surface area (Å²) in [5, 5.41) is 11.2. The van der Waals surface area contributed by atoms with Crippen LogP contribution >= 0.6 is 12.2 Å². The molecule has 0 fully saturated rings. The number of carbonyl (C=O) groups is 1. The number of rotatable bonds is 5. The molecule has 138 valence electrons. The van der Waals surface area contributed by atoms with E-state index in [2.05, 4.69) is 15.3 Å². The van der Waals surface area contributed by atoms with Crippen molar-refractivity contribution in [3.63, 3.8) is 0 Å². The van der Waals surface area contributed by atoms with Gasteiger partial charge in [-0.25, -0.2) is 9.89 Å². The SMILES string of the molecule is O=C(Oc1ccc(/C=N\n2c(-c3ccco3)n[nH]c2=S)cc1)c1ccccc1. The molecule has 2 aromatic carbocycles. The lowest BCUT2D eigenvalue weighted by Crippen LogP contribution is -2.08. The Labute approximate surface area is 164 Å². The molecule has 1 N–H and O–H groups in total. The minimum Gasteiger partial charge on any atom is -0.461 e. The van der Waals surface area contributed by atoms with E-state index in [9.17, 15) is 4.79 Å². The highest BCUT2D eigenvalue weighted by atomic mass is 32.1. The monoisotopic (exact) mass is 390 g/mol. The molecule has 28 heavy (non-hydrogen) atoms. The molecular weight excluding hydrogens is 376 g/mol. The zero-order valence-electron chi connectivity index (χ0n) is 14.5. The van der Waals surface area contributed by atoms with Gasteiger partial charge in [-0.3, -0.25) is 0 Å². The van der Waals surface area contributed by atoms with E-state index in [-0.39, 0.29) is 0 Å². The first-order valence-corrected chi connectivity index (χ1v) is 8.74. The third-order valence-corrected chi connectivity index (χ3v) is 4.08. The lowest BCUT2D eigenvalue weighted by Gasteiger charge is -2.04. The number of furan rings is 1. The van der Waals surface area contributed by atoms with Gasteiger partial charge in [-0.15, -0.1) is 5.10 Å². The van der Waals surface area contributed by atoms with Crippen molar-refractivity contribution in [1.29, 1.82) is 0 Å². The Balaban J connectivity index is 1.49. The van der Waals surface area contributed by atoms with E-state index < -0.39 is 5.97 Å². The maximum absolute atomic E-state index is 12.1. The average molecular weight is 390 g/mol. The van der Waals surface area contributed by atoms with Gasteiger partial charge in [-0.1, -0.05) is 18.2 Å². The molecule has 2 aromatic heterocycles. The highest BCUT2D eigenvalue weighted by Crippen LogP contribution is 2.18. The van der Waals surface area contributed by atoms with Crippen molar-refractivity contribution in [1.82, 2.24) is 14.9 Å². The standard InChI is InChI=1S/C20H14N4O3S/c25-19(15-5-2-1-3-6-15)27-16-10-8-14(9-11-16)13-21-24-18(22-23-20(24)28)17-7-4-12-26-17/h1-13H,(H,23,28)/b21-13-. The predicted octanol–water partition coefficient (Wildman–Crippen LogP) is 4.30. The number of esters is 1. The van der Waals surface area contributed by atoms with E-state index >= 15 is 0 Å². The number of H-pyrrole nitrogens is 1. The zero-order chi connectivity index (χ0) is 19.3. The number of hydrogen-bond acceptors (Lipinski definition) is 6. The van der Waals surface area contributed by atoms with Gasteiger partial charge in [-0.2, -0.15) is 9.78 Å². The highest BCUT2D eigenvalue weighted by molar-refractivity contribution is 7.71. The molecular formula is C20H14N4O3S. The van der Waals surface area contributed by atoms with Gasteiger partial charge in [0.2, 0.25) is 10.6 Å².